The van der Waals surface area contributed by atoms with Gasteiger partial charge in [0.1, 0.15) is 11.5 Å². The van der Waals surface area contributed by atoms with Gasteiger partial charge in [0.05, 0.1) is 12.2 Å². The van der Waals surface area contributed by atoms with E-state index in [2.05, 4.69) is 4.98 Å². The van der Waals surface area contributed by atoms with Gasteiger partial charge in [0, 0.05) is 37.5 Å². The quantitative estimate of drug-likeness (QED) is 0.335. The summed E-state index contributed by atoms with van der Waals surface area (Å²) in [5.74, 6) is -6.09. The molecule has 2 N–H and O–H groups in total. The number of amides is 1. The number of nitrogens with two attached hydrogens (primary N) is 1. The molecule has 0 spiro atoms. The van der Waals surface area contributed by atoms with Crippen LogP contribution in [0, 0.1) is 23.4 Å². The molecule has 36 heavy (non-hydrogen) atoms. The van der Waals surface area contributed by atoms with Crippen molar-refractivity contribution in [2.24, 2.45) is 11.7 Å². The second-order valence-corrected chi connectivity index (χ2v) is 9.07. The number of Topliss-reactive ketones (excluding diaryl/α,β-unsaturated/α-hetero) is 1. The van der Waals surface area contributed by atoms with Crippen molar-refractivity contribution >= 4 is 24.1 Å². The molecule has 1 fully saturated rings. The van der Waals surface area contributed by atoms with Crippen molar-refractivity contribution in [3.05, 3.63) is 52.4 Å². The molecule has 0 unspecified atom stereocenters. The molecule has 1 aromatic carbocycles. The standard InChI is InChI=1S/C23H24F6N4O2.ClH/c24-15-10-17(26)16(25)8-13(15)7-14(30)9-19(34)32-5-6-33-18(11-32)20(31-22(33)23(27,28)29)21(35)12-3-1-2-4-12;/h8,10,12,14H,1-7,9,11,30H2;1H/t14-;/m1./s1. The van der Waals surface area contributed by atoms with Crippen LogP contribution in [0.25, 0.3) is 0 Å². The molecule has 1 saturated carbocycles. The third-order valence-electron chi connectivity index (χ3n) is 6.58. The zero-order chi connectivity index (χ0) is 25.5. The highest BCUT2D eigenvalue weighted by Crippen LogP contribution is 2.35. The number of benzene rings is 1. The Balaban J connectivity index is 0.00000361. The van der Waals surface area contributed by atoms with E-state index in [0.717, 1.165) is 17.4 Å². The average Bonchev–Trinajstić information content (AvgIpc) is 3.44. The molecule has 1 aliphatic carbocycles. The van der Waals surface area contributed by atoms with E-state index in [0.29, 0.717) is 25.0 Å². The lowest BCUT2D eigenvalue weighted by Gasteiger charge is -2.30. The van der Waals surface area contributed by atoms with Crippen LogP contribution < -0.4 is 5.73 Å². The summed E-state index contributed by atoms with van der Waals surface area (Å²) < 4.78 is 82.1. The summed E-state index contributed by atoms with van der Waals surface area (Å²) in [5, 5.41) is 0. The fraction of sp³-hybridized carbons (Fsp3) is 0.522. The number of nitrogens with zero attached hydrogens (tertiary/aromatic N) is 3. The molecular formula is C23H25ClF6N4O2. The van der Waals surface area contributed by atoms with Crippen LogP contribution in [0.3, 0.4) is 0 Å². The number of ketones is 1. The Labute approximate surface area is 209 Å². The minimum Gasteiger partial charge on any atom is -0.335 e. The number of carbonyl (C=O) groups excluding carboxylic acids is 2. The number of halogens is 7. The van der Waals surface area contributed by atoms with Crippen LogP contribution in [0.4, 0.5) is 26.3 Å². The summed E-state index contributed by atoms with van der Waals surface area (Å²) in [6, 6.07) is 0.124. The van der Waals surface area contributed by atoms with Crippen LogP contribution in [-0.2, 0) is 30.5 Å². The maximum Gasteiger partial charge on any atom is 0.449 e. The Morgan fingerprint density at radius 1 is 1.06 bits per heavy atom. The Bertz CT molecular complexity index is 1150. The van der Waals surface area contributed by atoms with Crippen molar-refractivity contribution in [3.8, 4) is 0 Å². The molecule has 2 aliphatic rings. The van der Waals surface area contributed by atoms with Crippen LogP contribution >= 0.6 is 12.4 Å². The highest BCUT2D eigenvalue weighted by Gasteiger charge is 2.42. The average molecular weight is 539 g/mol. The summed E-state index contributed by atoms with van der Waals surface area (Å²) in [7, 11) is 0. The lowest BCUT2D eigenvalue weighted by atomic mass is 9.98. The van der Waals surface area contributed by atoms with E-state index in [1.807, 2.05) is 0 Å². The number of carbonyl (C=O) groups is 2. The molecule has 2 heterocycles. The van der Waals surface area contributed by atoms with Crippen molar-refractivity contribution in [2.75, 3.05) is 6.54 Å². The Morgan fingerprint density at radius 3 is 2.33 bits per heavy atom. The van der Waals surface area contributed by atoms with Crippen LogP contribution in [0.1, 0.15) is 59.7 Å². The summed E-state index contributed by atoms with van der Waals surface area (Å²) in [6.45, 7) is -0.509. The van der Waals surface area contributed by atoms with E-state index in [1.165, 1.54) is 4.90 Å². The second kappa shape index (κ2) is 10.8. The minimum absolute atomic E-state index is 0. The summed E-state index contributed by atoms with van der Waals surface area (Å²) in [4.78, 5) is 30.7. The van der Waals surface area contributed by atoms with E-state index in [4.69, 9.17) is 5.73 Å². The predicted octanol–water partition coefficient (Wildman–Crippen LogP) is 4.42. The lowest BCUT2D eigenvalue weighted by molar-refractivity contribution is -0.148. The topological polar surface area (TPSA) is 81.2 Å². The first-order valence-electron chi connectivity index (χ1n) is 11.3. The number of alkyl halides is 3. The first-order chi connectivity index (χ1) is 16.5. The van der Waals surface area contributed by atoms with E-state index in [9.17, 15) is 35.9 Å². The highest BCUT2D eigenvalue weighted by molar-refractivity contribution is 5.97. The molecule has 1 aliphatic heterocycles. The van der Waals surface area contributed by atoms with E-state index in [-0.39, 0.29) is 67.8 Å². The van der Waals surface area contributed by atoms with Crippen LogP contribution in [0.15, 0.2) is 12.1 Å². The van der Waals surface area contributed by atoms with Gasteiger partial charge in [-0.25, -0.2) is 18.2 Å². The maximum atomic E-state index is 13.9. The number of hydrogen-bond donors (Lipinski definition) is 1. The van der Waals surface area contributed by atoms with E-state index in [1.54, 1.807) is 0 Å². The minimum atomic E-state index is -4.76. The summed E-state index contributed by atoms with van der Waals surface area (Å²) in [5.41, 5.74) is 5.52. The highest BCUT2D eigenvalue weighted by atomic mass is 35.5. The van der Waals surface area contributed by atoms with Gasteiger partial charge in [-0.15, -0.1) is 12.4 Å². The van der Waals surface area contributed by atoms with Gasteiger partial charge < -0.3 is 15.2 Å². The molecule has 0 bridgehead atoms. The van der Waals surface area contributed by atoms with Crippen LogP contribution in [0.2, 0.25) is 0 Å². The first-order valence-corrected chi connectivity index (χ1v) is 11.3. The van der Waals surface area contributed by atoms with Gasteiger partial charge in [-0.05, 0) is 30.9 Å². The van der Waals surface area contributed by atoms with Gasteiger partial charge in [-0.3, -0.25) is 9.59 Å². The number of hydrogen-bond acceptors (Lipinski definition) is 4. The number of fused-ring (bicyclic) bond motifs is 1. The van der Waals surface area contributed by atoms with Crippen LogP contribution in [-0.4, -0.2) is 38.7 Å². The van der Waals surface area contributed by atoms with Crippen molar-refractivity contribution < 1.29 is 35.9 Å². The molecule has 0 radical (unpaired) electrons. The lowest BCUT2D eigenvalue weighted by Crippen LogP contribution is -2.42. The molecule has 6 nitrogen and oxygen atoms in total. The maximum absolute atomic E-state index is 13.9. The van der Waals surface area contributed by atoms with Gasteiger partial charge in [0.2, 0.25) is 11.7 Å². The summed E-state index contributed by atoms with van der Waals surface area (Å²) >= 11 is 0. The Hall–Kier alpha value is -2.60. The van der Waals surface area contributed by atoms with Gasteiger partial charge in [0.25, 0.3) is 0 Å². The van der Waals surface area contributed by atoms with Crippen molar-refractivity contribution in [1.29, 1.82) is 0 Å². The number of imidazole rings is 1. The zero-order valence-corrected chi connectivity index (χ0v) is 19.9. The summed E-state index contributed by atoms with van der Waals surface area (Å²) in [6.07, 6.45) is -2.49. The first kappa shape index (κ1) is 28.0. The molecule has 198 valence electrons. The van der Waals surface area contributed by atoms with Gasteiger partial charge >= 0.3 is 6.18 Å². The third kappa shape index (κ3) is 5.69. The smallest absolute Gasteiger partial charge is 0.335 e. The normalized spacial score (nSPS) is 17.0. The van der Waals surface area contributed by atoms with Crippen molar-refractivity contribution in [1.82, 2.24) is 14.5 Å². The monoisotopic (exact) mass is 538 g/mol. The molecule has 1 atom stereocenters. The van der Waals surface area contributed by atoms with Crippen molar-refractivity contribution in [3.63, 3.8) is 0 Å². The van der Waals surface area contributed by atoms with E-state index >= 15 is 0 Å². The van der Waals surface area contributed by atoms with Crippen LogP contribution in [0.5, 0.6) is 0 Å². The fourth-order valence-electron chi connectivity index (χ4n) is 4.80. The third-order valence-corrected chi connectivity index (χ3v) is 6.58. The Morgan fingerprint density at radius 2 is 1.69 bits per heavy atom. The van der Waals surface area contributed by atoms with Gasteiger partial charge in [-0.2, -0.15) is 13.2 Å². The molecule has 13 heteroatoms. The number of aromatic nitrogens is 2. The van der Waals surface area contributed by atoms with Gasteiger partial charge in [-0.1, -0.05) is 12.8 Å². The second-order valence-electron chi connectivity index (χ2n) is 9.07. The largest absolute Gasteiger partial charge is 0.449 e. The van der Waals surface area contributed by atoms with Crippen molar-refractivity contribution in [2.45, 2.75) is 63.8 Å². The predicted molar refractivity (Wildman–Crippen MR) is 119 cm³/mol. The molecule has 2 aromatic rings. The molecular weight excluding hydrogens is 514 g/mol. The van der Waals surface area contributed by atoms with E-state index < -0.39 is 47.2 Å². The SMILES string of the molecule is Cl.N[C@@H](CC(=O)N1CCn2c(C(F)(F)F)nc(C(=O)C3CCCC3)c2C1)Cc1cc(F)c(F)cc1F. The Kier molecular flexibility index (Phi) is 8.39. The fourth-order valence-corrected chi connectivity index (χ4v) is 4.80. The number of rotatable bonds is 6. The molecule has 0 saturated heterocycles. The molecule has 1 aromatic heterocycles. The molecule has 4 rings (SSSR count). The molecule has 1 amide bonds. The zero-order valence-electron chi connectivity index (χ0n) is 19.1. The van der Waals surface area contributed by atoms with Gasteiger partial charge in [0.15, 0.2) is 17.4 Å².